The second kappa shape index (κ2) is 7.23. The van der Waals surface area contributed by atoms with Gasteiger partial charge in [-0.25, -0.2) is 0 Å². The number of carbonyl (C=O) groups excluding carboxylic acids is 1. The van der Waals surface area contributed by atoms with E-state index in [0.717, 1.165) is 0 Å². The van der Waals surface area contributed by atoms with Crippen molar-refractivity contribution >= 4 is 23.2 Å². The maximum Gasteiger partial charge on any atom is 0.292 e. The summed E-state index contributed by atoms with van der Waals surface area (Å²) in [5, 5.41) is 15.1. The number of rotatable bonds is 4. The predicted octanol–water partition coefficient (Wildman–Crippen LogP) is 1.20. The number of hydrogen-bond acceptors (Lipinski definition) is 6. The quantitative estimate of drug-likeness (QED) is 0.561. The molecule has 1 aliphatic heterocycles. The Morgan fingerprint density at radius 2 is 1.86 bits per heavy atom. The second-order valence-corrected chi connectivity index (χ2v) is 7.28. The van der Waals surface area contributed by atoms with Crippen molar-refractivity contribution in [3.05, 3.63) is 62.0 Å². The molecule has 28 heavy (non-hydrogen) atoms. The van der Waals surface area contributed by atoms with Gasteiger partial charge in [-0.15, -0.1) is 0 Å². The lowest BCUT2D eigenvalue weighted by Gasteiger charge is -2.36. The zero-order chi connectivity index (χ0) is 19.8. The number of hydrogen-bond donors (Lipinski definition) is 0. The van der Waals surface area contributed by atoms with Crippen molar-refractivity contribution < 1.29 is 9.72 Å². The Labute approximate surface area is 165 Å². The summed E-state index contributed by atoms with van der Waals surface area (Å²) in [6.45, 7) is 1.82. The molecule has 9 nitrogen and oxygen atoms in total. The zero-order valence-electron chi connectivity index (χ0n) is 14.9. The fraction of sp³-hybridized carbons (Fsp3) is 0.389. The van der Waals surface area contributed by atoms with Gasteiger partial charge in [0.1, 0.15) is 10.9 Å². The first kappa shape index (κ1) is 18.4. The van der Waals surface area contributed by atoms with Gasteiger partial charge in [0, 0.05) is 37.5 Å². The molecule has 1 aliphatic carbocycles. The van der Waals surface area contributed by atoms with Crippen LogP contribution in [-0.4, -0.2) is 57.7 Å². The van der Waals surface area contributed by atoms with Crippen LogP contribution in [0, 0.1) is 16.0 Å². The first-order valence-corrected chi connectivity index (χ1v) is 9.35. The van der Waals surface area contributed by atoms with Crippen LogP contribution in [0.15, 0.2) is 41.3 Å². The monoisotopic (exact) mass is 403 g/mol. The summed E-state index contributed by atoms with van der Waals surface area (Å²) in [6.07, 6.45) is 1.87. The van der Waals surface area contributed by atoms with Gasteiger partial charge in [-0.2, -0.15) is 9.78 Å². The Morgan fingerprint density at radius 1 is 1.18 bits per heavy atom. The molecular weight excluding hydrogens is 386 g/mol. The van der Waals surface area contributed by atoms with Gasteiger partial charge in [0.2, 0.25) is 11.9 Å². The Balaban J connectivity index is 1.45. The number of carbonyl (C=O) groups is 1. The molecule has 1 saturated heterocycles. The van der Waals surface area contributed by atoms with Crippen LogP contribution in [0.5, 0.6) is 0 Å². The highest BCUT2D eigenvalue weighted by Gasteiger charge is 2.54. The van der Waals surface area contributed by atoms with E-state index in [9.17, 15) is 19.7 Å². The summed E-state index contributed by atoms with van der Waals surface area (Å²) < 4.78 is 1.25. The highest BCUT2D eigenvalue weighted by atomic mass is 35.5. The normalized spacial score (nSPS) is 21.5. The molecule has 0 radical (unpaired) electrons. The van der Waals surface area contributed by atoms with Gasteiger partial charge < -0.3 is 9.80 Å². The van der Waals surface area contributed by atoms with E-state index in [-0.39, 0.29) is 15.9 Å². The summed E-state index contributed by atoms with van der Waals surface area (Å²) in [6, 6.07) is 8.27. The number of amides is 1. The van der Waals surface area contributed by atoms with Gasteiger partial charge in [-0.1, -0.05) is 29.8 Å². The zero-order valence-corrected chi connectivity index (χ0v) is 15.7. The van der Waals surface area contributed by atoms with Gasteiger partial charge in [0.05, 0.1) is 17.6 Å². The van der Waals surface area contributed by atoms with E-state index in [2.05, 4.69) is 5.10 Å². The maximum absolute atomic E-state index is 12.6. The van der Waals surface area contributed by atoms with Crippen molar-refractivity contribution in [1.82, 2.24) is 14.7 Å². The Hall–Kier alpha value is -2.94. The molecule has 1 saturated carbocycles. The number of piperazine rings is 1. The number of para-hydroxylation sites is 1. The SMILES string of the molecule is O=C([C@@H]1C[C@H]1[N+](=O)[O-])N1CCN(c2cnn(-c3ccccc3)c(=O)c2Cl)CC1. The average Bonchev–Trinajstić information content (AvgIpc) is 3.52. The van der Waals surface area contributed by atoms with Crippen LogP contribution in [0.4, 0.5) is 5.69 Å². The van der Waals surface area contributed by atoms with E-state index in [0.29, 0.717) is 44.0 Å². The molecule has 2 fully saturated rings. The number of anilines is 1. The van der Waals surface area contributed by atoms with Gasteiger partial charge >= 0.3 is 0 Å². The molecule has 1 aromatic carbocycles. The van der Waals surface area contributed by atoms with E-state index in [4.69, 9.17) is 11.6 Å². The molecule has 1 amide bonds. The van der Waals surface area contributed by atoms with Crippen molar-refractivity contribution in [3.8, 4) is 5.69 Å². The van der Waals surface area contributed by atoms with E-state index < -0.39 is 17.5 Å². The van der Waals surface area contributed by atoms with Crippen molar-refractivity contribution in [2.45, 2.75) is 12.5 Å². The standard InChI is InChI=1S/C18H18ClN5O4/c19-16-15(11-20-23(18(16)26)12-4-2-1-3-5-12)21-6-8-22(9-7-21)17(25)13-10-14(13)24(27)28/h1-5,11,13-14H,6-10H2/t13-,14-/m1/s1. The largest absolute Gasteiger partial charge is 0.365 e. The second-order valence-electron chi connectivity index (χ2n) is 6.90. The van der Waals surface area contributed by atoms with E-state index in [1.807, 2.05) is 23.1 Å². The predicted molar refractivity (Wildman–Crippen MR) is 103 cm³/mol. The topological polar surface area (TPSA) is 102 Å². The molecule has 0 N–H and O–H groups in total. The fourth-order valence-corrected chi connectivity index (χ4v) is 3.73. The summed E-state index contributed by atoms with van der Waals surface area (Å²) in [5.74, 6) is -0.660. The van der Waals surface area contributed by atoms with Gasteiger partial charge in [0.15, 0.2) is 0 Å². The number of halogens is 1. The van der Waals surface area contributed by atoms with Crippen LogP contribution < -0.4 is 10.5 Å². The number of benzene rings is 1. The average molecular weight is 404 g/mol. The van der Waals surface area contributed by atoms with Crippen molar-refractivity contribution in [2.24, 2.45) is 5.92 Å². The molecule has 1 aromatic heterocycles. The third kappa shape index (κ3) is 3.33. The van der Waals surface area contributed by atoms with E-state index in [1.54, 1.807) is 23.2 Å². The number of aromatic nitrogens is 2. The minimum atomic E-state index is -0.741. The smallest absolute Gasteiger partial charge is 0.292 e. The first-order chi connectivity index (χ1) is 13.5. The molecule has 0 unspecified atom stereocenters. The van der Waals surface area contributed by atoms with Crippen LogP contribution in [0.2, 0.25) is 5.02 Å². The van der Waals surface area contributed by atoms with E-state index in [1.165, 1.54) is 4.68 Å². The lowest BCUT2D eigenvalue weighted by Crippen LogP contribution is -2.50. The van der Waals surface area contributed by atoms with Crippen LogP contribution in [0.25, 0.3) is 5.69 Å². The van der Waals surface area contributed by atoms with Crippen molar-refractivity contribution in [1.29, 1.82) is 0 Å². The first-order valence-electron chi connectivity index (χ1n) is 8.98. The molecule has 0 bridgehead atoms. The Morgan fingerprint density at radius 3 is 2.46 bits per heavy atom. The number of nitrogens with zero attached hydrogens (tertiary/aromatic N) is 5. The molecular formula is C18H18ClN5O4. The van der Waals surface area contributed by atoms with Gasteiger partial charge in [-0.3, -0.25) is 19.7 Å². The molecule has 146 valence electrons. The molecule has 2 atom stereocenters. The van der Waals surface area contributed by atoms with Crippen LogP contribution in [0.1, 0.15) is 6.42 Å². The Kier molecular flexibility index (Phi) is 4.76. The van der Waals surface area contributed by atoms with Crippen LogP contribution in [-0.2, 0) is 4.79 Å². The molecule has 4 rings (SSSR count). The van der Waals surface area contributed by atoms with Crippen LogP contribution in [0.3, 0.4) is 0 Å². The summed E-state index contributed by atoms with van der Waals surface area (Å²) in [4.78, 5) is 38.9. The Bertz CT molecular complexity index is 972. The summed E-state index contributed by atoms with van der Waals surface area (Å²) in [7, 11) is 0. The minimum Gasteiger partial charge on any atom is -0.365 e. The fourth-order valence-electron chi connectivity index (χ4n) is 3.48. The third-order valence-electron chi connectivity index (χ3n) is 5.18. The molecule has 2 aliphatic rings. The number of nitro groups is 1. The minimum absolute atomic E-state index is 0.0780. The van der Waals surface area contributed by atoms with Gasteiger partial charge in [-0.05, 0) is 12.1 Å². The molecule has 2 heterocycles. The highest BCUT2D eigenvalue weighted by Crippen LogP contribution is 2.35. The van der Waals surface area contributed by atoms with E-state index >= 15 is 0 Å². The maximum atomic E-state index is 12.6. The highest BCUT2D eigenvalue weighted by molar-refractivity contribution is 6.33. The summed E-state index contributed by atoms with van der Waals surface area (Å²) in [5.41, 5.74) is 0.748. The summed E-state index contributed by atoms with van der Waals surface area (Å²) >= 11 is 6.32. The molecule has 10 heteroatoms. The van der Waals surface area contributed by atoms with Crippen LogP contribution >= 0.6 is 11.6 Å². The molecule has 2 aromatic rings. The lowest BCUT2D eigenvalue weighted by molar-refractivity contribution is -0.497. The van der Waals surface area contributed by atoms with Gasteiger partial charge in [0.25, 0.3) is 5.56 Å². The molecule has 0 spiro atoms. The lowest BCUT2D eigenvalue weighted by atomic mass is 10.2. The third-order valence-corrected chi connectivity index (χ3v) is 5.53. The van der Waals surface area contributed by atoms with Crippen molar-refractivity contribution in [3.63, 3.8) is 0 Å². The van der Waals surface area contributed by atoms with Crippen molar-refractivity contribution in [2.75, 3.05) is 31.1 Å².